The van der Waals surface area contributed by atoms with Crippen LogP contribution >= 0.6 is 17.0 Å². The van der Waals surface area contributed by atoms with Gasteiger partial charge in [-0.2, -0.15) is 0 Å². The predicted octanol–water partition coefficient (Wildman–Crippen LogP) is 2.28. The third kappa shape index (κ3) is 4.77. The Bertz CT molecular complexity index is 159. The third-order valence-electron chi connectivity index (χ3n) is 2.52. The molecule has 13 heavy (non-hydrogen) atoms. The molecular formula is C10H20BrNO. The lowest BCUT2D eigenvalue weighted by molar-refractivity contribution is -0.123. The van der Waals surface area contributed by atoms with Crippen molar-refractivity contribution in [2.75, 3.05) is 20.6 Å². The van der Waals surface area contributed by atoms with Crippen molar-refractivity contribution in [2.24, 2.45) is 5.92 Å². The second-order valence-corrected chi connectivity index (χ2v) is 4.02. The summed E-state index contributed by atoms with van der Waals surface area (Å²) < 4.78 is 0. The number of rotatable bonds is 2. The summed E-state index contributed by atoms with van der Waals surface area (Å²) in [6, 6.07) is 0. The van der Waals surface area contributed by atoms with Gasteiger partial charge >= 0.3 is 0 Å². The Kier molecular flexibility index (Phi) is 6.60. The molecule has 1 rings (SSSR count). The van der Waals surface area contributed by atoms with Crippen LogP contribution in [0.4, 0.5) is 0 Å². The fourth-order valence-electron chi connectivity index (χ4n) is 1.87. The molecule has 0 aromatic rings. The number of carbonyl (C=O) groups excluding carboxylic acids is 1. The molecule has 1 atom stereocenters. The number of halogens is 1. The molecule has 1 saturated carbocycles. The summed E-state index contributed by atoms with van der Waals surface area (Å²) in [5.74, 6) is 0.809. The molecule has 78 valence electrons. The third-order valence-corrected chi connectivity index (χ3v) is 2.52. The molecule has 2 nitrogen and oxygen atoms in total. The number of carbonyl (C=O) groups is 1. The molecule has 0 N–H and O–H groups in total. The predicted molar refractivity (Wildman–Crippen MR) is 60.5 cm³/mol. The highest BCUT2D eigenvalue weighted by Crippen LogP contribution is 2.20. The fraction of sp³-hybridized carbons (Fsp3) is 0.900. The molecule has 0 aromatic carbocycles. The number of ketones is 1. The second kappa shape index (κ2) is 6.55. The van der Waals surface area contributed by atoms with Crippen LogP contribution in [-0.2, 0) is 4.79 Å². The van der Waals surface area contributed by atoms with Gasteiger partial charge in [-0.1, -0.05) is 12.8 Å². The Morgan fingerprint density at radius 1 is 1.31 bits per heavy atom. The van der Waals surface area contributed by atoms with Crippen molar-refractivity contribution in [2.45, 2.75) is 32.1 Å². The van der Waals surface area contributed by atoms with E-state index in [2.05, 4.69) is 4.90 Å². The maximum absolute atomic E-state index is 11.5. The van der Waals surface area contributed by atoms with Crippen molar-refractivity contribution < 1.29 is 4.79 Å². The minimum atomic E-state index is 0. The Hall–Kier alpha value is 0.110. The topological polar surface area (TPSA) is 20.3 Å². The average Bonchev–Trinajstić information content (AvgIpc) is 2.16. The minimum Gasteiger partial charge on any atom is -0.309 e. The van der Waals surface area contributed by atoms with Crippen molar-refractivity contribution in [1.82, 2.24) is 4.90 Å². The average molecular weight is 250 g/mol. The highest BCUT2D eigenvalue weighted by Gasteiger charge is 2.20. The van der Waals surface area contributed by atoms with Gasteiger partial charge in [-0.3, -0.25) is 4.79 Å². The lowest BCUT2D eigenvalue weighted by Crippen LogP contribution is -2.26. The van der Waals surface area contributed by atoms with Gasteiger partial charge in [-0.05, 0) is 26.9 Å². The highest BCUT2D eigenvalue weighted by atomic mass is 79.9. The van der Waals surface area contributed by atoms with Crippen LogP contribution < -0.4 is 0 Å². The monoisotopic (exact) mass is 249 g/mol. The van der Waals surface area contributed by atoms with Gasteiger partial charge in [0.25, 0.3) is 0 Å². The molecule has 0 aromatic heterocycles. The van der Waals surface area contributed by atoms with E-state index in [0.29, 0.717) is 11.7 Å². The van der Waals surface area contributed by atoms with Crippen LogP contribution in [0.3, 0.4) is 0 Å². The van der Waals surface area contributed by atoms with Gasteiger partial charge in [0, 0.05) is 18.9 Å². The van der Waals surface area contributed by atoms with E-state index in [1.54, 1.807) is 0 Å². The van der Waals surface area contributed by atoms with Crippen molar-refractivity contribution in [3.63, 3.8) is 0 Å². The number of hydrogen-bond donors (Lipinski definition) is 0. The van der Waals surface area contributed by atoms with Gasteiger partial charge in [0.2, 0.25) is 0 Å². The van der Waals surface area contributed by atoms with E-state index in [1.807, 2.05) is 14.1 Å². The zero-order valence-corrected chi connectivity index (χ0v) is 10.3. The van der Waals surface area contributed by atoms with Crippen LogP contribution in [0.1, 0.15) is 32.1 Å². The molecular weight excluding hydrogens is 230 g/mol. The summed E-state index contributed by atoms with van der Waals surface area (Å²) in [4.78, 5) is 13.6. The van der Waals surface area contributed by atoms with E-state index in [9.17, 15) is 4.79 Å². The van der Waals surface area contributed by atoms with Gasteiger partial charge in [0.05, 0.1) is 0 Å². The second-order valence-electron chi connectivity index (χ2n) is 4.02. The summed E-state index contributed by atoms with van der Waals surface area (Å²) in [5, 5.41) is 0. The largest absolute Gasteiger partial charge is 0.309 e. The summed E-state index contributed by atoms with van der Waals surface area (Å²) >= 11 is 0. The van der Waals surface area contributed by atoms with Crippen LogP contribution in [0.2, 0.25) is 0 Å². The standard InChI is InChI=1S/C10H19NO.BrH/c1-11(2)8-9-6-4-3-5-7-10(9)12;/h9H,3-8H2,1-2H3;1H. The van der Waals surface area contributed by atoms with Crippen molar-refractivity contribution in [1.29, 1.82) is 0 Å². The molecule has 0 spiro atoms. The van der Waals surface area contributed by atoms with Gasteiger partial charge in [-0.25, -0.2) is 0 Å². The van der Waals surface area contributed by atoms with Crippen molar-refractivity contribution in [3.05, 3.63) is 0 Å². The van der Waals surface area contributed by atoms with E-state index in [4.69, 9.17) is 0 Å². The van der Waals surface area contributed by atoms with Crippen LogP contribution in [0.25, 0.3) is 0 Å². The summed E-state index contributed by atoms with van der Waals surface area (Å²) in [5.41, 5.74) is 0. The van der Waals surface area contributed by atoms with Gasteiger partial charge in [0.1, 0.15) is 5.78 Å². The van der Waals surface area contributed by atoms with Crippen LogP contribution in [0.5, 0.6) is 0 Å². The van der Waals surface area contributed by atoms with Crippen LogP contribution in [0.15, 0.2) is 0 Å². The lowest BCUT2D eigenvalue weighted by Gasteiger charge is -2.17. The molecule has 1 aliphatic carbocycles. The molecule has 0 bridgehead atoms. The summed E-state index contributed by atoms with van der Waals surface area (Å²) in [7, 11) is 4.08. The number of Topliss-reactive ketones (excluding diaryl/α,β-unsaturated/α-hetero) is 1. The first-order chi connectivity index (χ1) is 5.70. The fourth-order valence-corrected chi connectivity index (χ4v) is 1.87. The minimum absolute atomic E-state index is 0. The van der Waals surface area contributed by atoms with E-state index >= 15 is 0 Å². The normalized spacial score (nSPS) is 23.9. The molecule has 1 aliphatic rings. The molecule has 0 saturated heterocycles. The van der Waals surface area contributed by atoms with Gasteiger partial charge in [0.15, 0.2) is 0 Å². The molecule has 0 aliphatic heterocycles. The zero-order chi connectivity index (χ0) is 8.97. The maximum Gasteiger partial charge on any atom is 0.137 e. The van der Waals surface area contributed by atoms with Crippen molar-refractivity contribution in [3.8, 4) is 0 Å². The molecule has 1 fully saturated rings. The van der Waals surface area contributed by atoms with Crippen LogP contribution in [-0.4, -0.2) is 31.3 Å². The summed E-state index contributed by atoms with van der Waals surface area (Å²) in [6.45, 7) is 0.943. The van der Waals surface area contributed by atoms with E-state index in [0.717, 1.165) is 25.8 Å². The zero-order valence-electron chi connectivity index (χ0n) is 8.58. The SMILES string of the molecule is Br.CN(C)CC1CCCCCC1=O. The highest BCUT2D eigenvalue weighted by molar-refractivity contribution is 8.93. The molecule has 1 unspecified atom stereocenters. The number of nitrogens with zero attached hydrogens (tertiary/aromatic N) is 1. The van der Waals surface area contributed by atoms with E-state index in [1.165, 1.54) is 12.8 Å². The Balaban J connectivity index is 0.00000144. The summed E-state index contributed by atoms with van der Waals surface area (Å²) in [6.07, 6.45) is 5.53. The Morgan fingerprint density at radius 2 is 2.00 bits per heavy atom. The number of hydrogen-bond acceptors (Lipinski definition) is 2. The first kappa shape index (κ1) is 13.1. The molecule has 0 amide bonds. The molecule has 0 radical (unpaired) electrons. The quantitative estimate of drug-likeness (QED) is 0.701. The lowest BCUT2D eigenvalue weighted by atomic mass is 9.99. The van der Waals surface area contributed by atoms with E-state index in [-0.39, 0.29) is 17.0 Å². The van der Waals surface area contributed by atoms with Gasteiger partial charge < -0.3 is 4.90 Å². The first-order valence-corrected chi connectivity index (χ1v) is 4.87. The van der Waals surface area contributed by atoms with Crippen molar-refractivity contribution >= 4 is 22.8 Å². The Labute approximate surface area is 91.5 Å². The van der Waals surface area contributed by atoms with Gasteiger partial charge in [-0.15, -0.1) is 17.0 Å². The Morgan fingerprint density at radius 3 is 2.62 bits per heavy atom. The maximum atomic E-state index is 11.5. The molecule has 3 heteroatoms. The van der Waals surface area contributed by atoms with E-state index < -0.39 is 0 Å². The van der Waals surface area contributed by atoms with Crippen LogP contribution in [0, 0.1) is 5.92 Å². The molecule has 0 heterocycles. The smallest absolute Gasteiger partial charge is 0.137 e. The first-order valence-electron chi connectivity index (χ1n) is 4.87.